The highest BCUT2D eigenvalue weighted by molar-refractivity contribution is 6.11. The van der Waals surface area contributed by atoms with E-state index < -0.39 is 0 Å². The van der Waals surface area contributed by atoms with Crippen molar-refractivity contribution >= 4 is 27.3 Å². The van der Waals surface area contributed by atoms with Crippen LogP contribution in [0.25, 0.3) is 27.3 Å². The van der Waals surface area contributed by atoms with Gasteiger partial charge >= 0.3 is 0 Å². The zero-order valence-corrected chi connectivity index (χ0v) is 9.37. The highest BCUT2D eigenvalue weighted by Gasteiger charge is 2.18. The van der Waals surface area contributed by atoms with E-state index in [1.165, 1.54) is 6.07 Å². The third-order valence-corrected chi connectivity index (χ3v) is 3.39. The van der Waals surface area contributed by atoms with Gasteiger partial charge in [-0.05, 0) is 6.07 Å². The maximum absolute atomic E-state index is 12.0. The third-order valence-electron chi connectivity index (χ3n) is 3.39. The van der Waals surface area contributed by atoms with Crippen LogP contribution in [0.5, 0.6) is 0 Å². The van der Waals surface area contributed by atoms with Crippen LogP contribution in [0, 0.1) is 0 Å². The molecule has 1 aromatic carbocycles. The van der Waals surface area contributed by atoms with Crippen molar-refractivity contribution in [3.63, 3.8) is 0 Å². The largest absolute Gasteiger partial charge is 0.284 e. The molecule has 0 aliphatic heterocycles. The van der Waals surface area contributed by atoms with Crippen LogP contribution in [-0.4, -0.2) is 9.61 Å². The Labute approximate surface area is 101 Å². The fourth-order valence-corrected chi connectivity index (χ4v) is 2.63. The van der Waals surface area contributed by atoms with Gasteiger partial charge in [0.25, 0.3) is 11.1 Å². The second-order valence-corrected chi connectivity index (χ2v) is 4.33. The number of pyridine rings is 2. The molecule has 0 saturated heterocycles. The van der Waals surface area contributed by atoms with Crippen LogP contribution < -0.4 is 10.3 Å². The molecule has 4 heteroatoms. The molecular formula is C14H9N2O2+. The molecule has 0 bridgehead atoms. The molecule has 4 nitrogen and oxygen atoms in total. The molecule has 0 saturated carbocycles. The average Bonchev–Trinajstić information content (AvgIpc) is 2.72. The fraction of sp³-hybridized carbons (Fsp3) is 0. The summed E-state index contributed by atoms with van der Waals surface area (Å²) in [7, 11) is 0. The van der Waals surface area contributed by atoms with Gasteiger partial charge in [-0.1, -0.05) is 18.2 Å². The smallest absolute Gasteiger partial charge is 0.282 e. The van der Waals surface area contributed by atoms with E-state index in [0.717, 1.165) is 26.5 Å². The molecule has 0 aliphatic rings. The Bertz CT molecular complexity index is 956. The average molecular weight is 237 g/mol. The number of aromatic nitrogens is 2. The zero-order valence-electron chi connectivity index (χ0n) is 9.37. The predicted octanol–water partition coefficient (Wildman–Crippen LogP) is 1.57. The predicted molar refractivity (Wildman–Crippen MR) is 67.2 cm³/mol. The summed E-state index contributed by atoms with van der Waals surface area (Å²) in [6.45, 7) is 0. The second-order valence-electron chi connectivity index (χ2n) is 4.33. The number of hydrogen-bond donors (Lipinski definition) is 1. The minimum Gasteiger partial charge on any atom is -0.284 e. The van der Waals surface area contributed by atoms with Gasteiger partial charge in [-0.2, -0.15) is 0 Å². The molecule has 1 N–H and O–H groups in total. The number of rotatable bonds is 0. The molecule has 86 valence electrons. The van der Waals surface area contributed by atoms with Gasteiger partial charge in [-0.3, -0.25) is 14.4 Å². The minimum absolute atomic E-state index is 0.0834. The van der Waals surface area contributed by atoms with E-state index in [2.05, 4.69) is 0 Å². The van der Waals surface area contributed by atoms with Crippen molar-refractivity contribution in [1.82, 2.24) is 4.40 Å². The van der Waals surface area contributed by atoms with Crippen LogP contribution in [0.2, 0.25) is 0 Å². The van der Waals surface area contributed by atoms with Crippen LogP contribution in [-0.2, 0) is 0 Å². The highest BCUT2D eigenvalue weighted by Crippen LogP contribution is 2.28. The summed E-state index contributed by atoms with van der Waals surface area (Å²) in [5.41, 5.74) is 2.17. The molecule has 3 aromatic heterocycles. The topological polar surface area (TPSA) is 45.6 Å². The Kier molecular flexibility index (Phi) is 1.56. The Balaban J connectivity index is 2.54. The summed E-state index contributed by atoms with van der Waals surface area (Å²) in [5, 5.41) is 11.8. The summed E-state index contributed by atoms with van der Waals surface area (Å²) in [4.78, 5) is 12.0. The number of para-hydroxylation sites is 1. The maximum Gasteiger partial charge on any atom is 0.282 e. The first-order valence-electron chi connectivity index (χ1n) is 5.67. The van der Waals surface area contributed by atoms with E-state index in [9.17, 15) is 10.0 Å². The standard InChI is InChI=1S/C14H9N2O2/c17-13-6-5-12-14-10(7-8-15(12)18)9-3-1-2-4-11(9)16(13)14/h1-8,18H/q+1. The Morgan fingerprint density at radius 3 is 2.72 bits per heavy atom. The third kappa shape index (κ3) is 0.953. The SMILES string of the molecule is O=c1ccc2c3c(cc[n+]2O)c2ccccc2n13. The van der Waals surface area contributed by atoms with Gasteiger partial charge < -0.3 is 0 Å². The van der Waals surface area contributed by atoms with Gasteiger partial charge in [0.05, 0.1) is 5.52 Å². The van der Waals surface area contributed by atoms with Crippen LogP contribution in [0.15, 0.2) is 53.5 Å². The summed E-state index contributed by atoms with van der Waals surface area (Å²) in [6, 6.07) is 12.7. The van der Waals surface area contributed by atoms with Gasteiger partial charge in [0.2, 0.25) is 6.20 Å². The number of nitrogens with zero attached hydrogens (tertiary/aromatic N) is 2. The normalized spacial score (nSPS) is 11.8. The van der Waals surface area contributed by atoms with Gasteiger partial charge in [0.1, 0.15) is 5.52 Å². The van der Waals surface area contributed by atoms with Gasteiger partial charge in [0, 0.05) is 33.7 Å². The van der Waals surface area contributed by atoms with Crippen LogP contribution in [0.3, 0.4) is 0 Å². The Hall–Kier alpha value is -2.62. The summed E-state index contributed by atoms with van der Waals surface area (Å²) in [6.07, 6.45) is 1.59. The first-order chi connectivity index (χ1) is 8.77. The molecule has 0 unspecified atom stereocenters. The lowest BCUT2D eigenvalue weighted by molar-refractivity contribution is -0.884. The van der Waals surface area contributed by atoms with E-state index in [1.54, 1.807) is 16.7 Å². The van der Waals surface area contributed by atoms with Crippen LogP contribution in [0.4, 0.5) is 0 Å². The van der Waals surface area contributed by atoms with Gasteiger partial charge in [-0.25, -0.2) is 0 Å². The molecule has 0 aliphatic carbocycles. The number of fused-ring (bicyclic) bond motifs is 3. The van der Waals surface area contributed by atoms with Crippen molar-refractivity contribution in [2.24, 2.45) is 0 Å². The minimum atomic E-state index is -0.0834. The van der Waals surface area contributed by atoms with Crippen molar-refractivity contribution in [1.29, 1.82) is 0 Å². The number of benzene rings is 1. The van der Waals surface area contributed by atoms with Gasteiger partial charge in [-0.15, -0.1) is 0 Å². The molecule has 0 amide bonds. The van der Waals surface area contributed by atoms with Crippen LogP contribution >= 0.6 is 0 Å². The maximum atomic E-state index is 12.0. The summed E-state index contributed by atoms with van der Waals surface area (Å²) in [5.74, 6) is 0. The van der Waals surface area contributed by atoms with E-state index in [4.69, 9.17) is 0 Å². The Morgan fingerprint density at radius 2 is 1.83 bits per heavy atom. The molecular weight excluding hydrogens is 228 g/mol. The van der Waals surface area contributed by atoms with E-state index in [0.29, 0.717) is 5.52 Å². The van der Waals surface area contributed by atoms with E-state index in [1.807, 2.05) is 30.3 Å². The quantitative estimate of drug-likeness (QED) is 0.372. The monoisotopic (exact) mass is 237 g/mol. The Morgan fingerprint density at radius 1 is 1.00 bits per heavy atom. The zero-order chi connectivity index (χ0) is 12.3. The highest BCUT2D eigenvalue weighted by atomic mass is 16.5. The van der Waals surface area contributed by atoms with Crippen molar-refractivity contribution in [3.05, 3.63) is 59.0 Å². The molecule has 18 heavy (non-hydrogen) atoms. The summed E-state index contributed by atoms with van der Waals surface area (Å²) >= 11 is 0. The van der Waals surface area contributed by atoms with E-state index >= 15 is 0 Å². The fourth-order valence-electron chi connectivity index (χ4n) is 2.63. The lowest BCUT2D eigenvalue weighted by Gasteiger charge is -1.95. The van der Waals surface area contributed by atoms with Crippen molar-refractivity contribution in [3.8, 4) is 0 Å². The first kappa shape index (κ1) is 9.41. The lowest BCUT2D eigenvalue weighted by Crippen LogP contribution is -2.31. The number of hydrogen-bond acceptors (Lipinski definition) is 2. The molecule has 3 heterocycles. The molecule has 0 spiro atoms. The van der Waals surface area contributed by atoms with Crippen molar-refractivity contribution in [2.45, 2.75) is 0 Å². The van der Waals surface area contributed by atoms with Crippen LogP contribution in [0.1, 0.15) is 0 Å². The van der Waals surface area contributed by atoms with Crippen molar-refractivity contribution < 1.29 is 9.94 Å². The second kappa shape index (κ2) is 2.98. The molecule has 0 radical (unpaired) electrons. The lowest BCUT2D eigenvalue weighted by atomic mass is 10.2. The molecule has 0 atom stereocenters. The van der Waals surface area contributed by atoms with Crippen molar-refractivity contribution in [2.75, 3.05) is 0 Å². The molecule has 4 rings (SSSR count). The van der Waals surface area contributed by atoms with Gasteiger partial charge in [0.15, 0.2) is 0 Å². The molecule has 0 fully saturated rings. The molecule has 4 aromatic rings. The van der Waals surface area contributed by atoms with E-state index in [-0.39, 0.29) is 5.56 Å². The first-order valence-corrected chi connectivity index (χ1v) is 5.67. The summed E-state index contributed by atoms with van der Waals surface area (Å²) < 4.78 is 2.69.